The van der Waals surface area contributed by atoms with Gasteiger partial charge in [0.25, 0.3) is 5.91 Å². The Bertz CT molecular complexity index is 1440. The zero-order chi connectivity index (χ0) is 23.8. The van der Waals surface area contributed by atoms with Gasteiger partial charge in [-0.25, -0.2) is 0 Å². The summed E-state index contributed by atoms with van der Waals surface area (Å²) in [5, 5.41) is 0.491. The minimum absolute atomic E-state index is 0.104. The van der Waals surface area contributed by atoms with Gasteiger partial charge in [-0.05, 0) is 73.4 Å². The molecule has 0 radical (unpaired) electrons. The van der Waals surface area contributed by atoms with Crippen LogP contribution in [0.1, 0.15) is 58.6 Å². The zero-order valence-corrected chi connectivity index (χ0v) is 19.6. The standard InChI is InChI=1S/C29H27NO4/c1-4-5-14-33-22-13-9-10-20(17-22)26-25-27(31)23-15-18(2)19(3)16-24(23)34-28(25)29(32)30(26)21-11-7-6-8-12-21/h6-13,15-17,26H,4-5,14H2,1-3H3. The second-order valence-corrected chi connectivity index (χ2v) is 8.79. The number of ether oxygens (including phenoxy) is 1. The van der Waals surface area contributed by atoms with Crippen molar-refractivity contribution in [2.75, 3.05) is 11.5 Å². The van der Waals surface area contributed by atoms with Crippen molar-refractivity contribution in [2.45, 2.75) is 39.7 Å². The van der Waals surface area contributed by atoms with E-state index in [4.69, 9.17) is 9.15 Å². The SMILES string of the molecule is CCCCOc1cccc(C2c3c(oc4cc(C)c(C)cc4c3=O)C(=O)N2c2ccccc2)c1. The second kappa shape index (κ2) is 8.82. The van der Waals surface area contributed by atoms with Crippen molar-refractivity contribution in [1.29, 1.82) is 0 Å². The van der Waals surface area contributed by atoms with Crippen molar-refractivity contribution < 1.29 is 13.9 Å². The van der Waals surface area contributed by atoms with E-state index in [1.54, 1.807) is 4.90 Å². The van der Waals surface area contributed by atoms with E-state index in [-0.39, 0.29) is 17.1 Å². The highest BCUT2D eigenvalue weighted by molar-refractivity contribution is 6.10. The number of fused-ring (bicyclic) bond motifs is 2. The highest BCUT2D eigenvalue weighted by Gasteiger charge is 2.43. The van der Waals surface area contributed by atoms with E-state index in [0.29, 0.717) is 28.8 Å². The molecule has 5 nitrogen and oxygen atoms in total. The van der Waals surface area contributed by atoms with E-state index in [1.165, 1.54) is 0 Å². The Morgan fingerprint density at radius 1 is 0.941 bits per heavy atom. The fourth-order valence-corrected chi connectivity index (χ4v) is 4.51. The first kappa shape index (κ1) is 22.0. The fourth-order valence-electron chi connectivity index (χ4n) is 4.51. The molecule has 5 rings (SSSR count). The van der Waals surface area contributed by atoms with Crippen LogP contribution in [0.25, 0.3) is 11.0 Å². The maximum atomic E-state index is 13.8. The van der Waals surface area contributed by atoms with Gasteiger partial charge in [-0.3, -0.25) is 14.5 Å². The molecule has 172 valence electrons. The van der Waals surface area contributed by atoms with Gasteiger partial charge < -0.3 is 9.15 Å². The Morgan fingerprint density at radius 3 is 2.47 bits per heavy atom. The first-order chi connectivity index (χ1) is 16.5. The van der Waals surface area contributed by atoms with Crippen LogP contribution in [0.4, 0.5) is 5.69 Å². The average molecular weight is 454 g/mol. The van der Waals surface area contributed by atoms with Crippen LogP contribution in [0, 0.1) is 13.8 Å². The molecular formula is C29H27NO4. The van der Waals surface area contributed by atoms with Crippen LogP contribution < -0.4 is 15.1 Å². The van der Waals surface area contributed by atoms with Crippen molar-refractivity contribution in [1.82, 2.24) is 0 Å². The zero-order valence-electron chi connectivity index (χ0n) is 19.6. The average Bonchev–Trinajstić information content (AvgIpc) is 3.14. The molecule has 1 atom stereocenters. The minimum Gasteiger partial charge on any atom is -0.494 e. The number of anilines is 1. The fraction of sp³-hybridized carbons (Fsp3) is 0.241. The highest BCUT2D eigenvalue weighted by Crippen LogP contribution is 2.42. The highest BCUT2D eigenvalue weighted by atomic mass is 16.5. The summed E-state index contributed by atoms with van der Waals surface area (Å²) in [6.07, 6.45) is 2.00. The number of hydrogen-bond donors (Lipinski definition) is 0. The van der Waals surface area contributed by atoms with E-state index in [2.05, 4.69) is 6.92 Å². The van der Waals surface area contributed by atoms with E-state index >= 15 is 0 Å². The van der Waals surface area contributed by atoms with Gasteiger partial charge in [0.05, 0.1) is 23.6 Å². The van der Waals surface area contributed by atoms with Crippen molar-refractivity contribution in [2.24, 2.45) is 0 Å². The van der Waals surface area contributed by atoms with Crippen LogP contribution in [0.15, 0.2) is 75.9 Å². The van der Waals surface area contributed by atoms with Gasteiger partial charge in [0.1, 0.15) is 11.3 Å². The summed E-state index contributed by atoms with van der Waals surface area (Å²) in [5.74, 6) is 0.504. The summed E-state index contributed by atoms with van der Waals surface area (Å²) in [5.41, 5.74) is 4.16. The number of unbranched alkanes of at least 4 members (excludes halogenated alkanes) is 1. The van der Waals surface area contributed by atoms with E-state index in [1.807, 2.05) is 80.6 Å². The topological polar surface area (TPSA) is 59.8 Å². The van der Waals surface area contributed by atoms with Gasteiger partial charge in [-0.15, -0.1) is 0 Å². The summed E-state index contributed by atoms with van der Waals surface area (Å²) in [6.45, 7) is 6.67. The van der Waals surface area contributed by atoms with Gasteiger partial charge in [0, 0.05) is 5.69 Å². The first-order valence-corrected chi connectivity index (χ1v) is 11.7. The lowest BCUT2D eigenvalue weighted by Crippen LogP contribution is -2.29. The molecule has 0 saturated heterocycles. The number of carbonyl (C=O) groups is 1. The van der Waals surface area contributed by atoms with E-state index < -0.39 is 6.04 Å². The number of hydrogen-bond acceptors (Lipinski definition) is 4. The number of amides is 1. The van der Waals surface area contributed by atoms with Crippen LogP contribution in [0.3, 0.4) is 0 Å². The molecular weight excluding hydrogens is 426 g/mol. The van der Waals surface area contributed by atoms with Crippen LogP contribution in [-0.2, 0) is 0 Å². The Kier molecular flexibility index (Phi) is 5.70. The number of aryl methyl sites for hydroxylation is 2. The number of benzene rings is 3. The molecule has 1 aliphatic heterocycles. The first-order valence-electron chi connectivity index (χ1n) is 11.7. The number of rotatable bonds is 6. The summed E-state index contributed by atoms with van der Waals surface area (Å²) in [6, 6.07) is 20.1. The third-order valence-corrected chi connectivity index (χ3v) is 6.46. The third kappa shape index (κ3) is 3.67. The summed E-state index contributed by atoms with van der Waals surface area (Å²) in [7, 11) is 0. The molecule has 0 fully saturated rings. The van der Waals surface area contributed by atoms with Crippen molar-refractivity contribution in [3.8, 4) is 5.75 Å². The second-order valence-electron chi connectivity index (χ2n) is 8.79. The van der Waals surface area contributed by atoms with Crippen LogP contribution >= 0.6 is 0 Å². The molecule has 0 spiro atoms. The monoisotopic (exact) mass is 453 g/mol. The molecule has 0 aliphatic carbocycles. The number of para-hydroxylation sites is 1. The van der Waals surface area contributed by atoms with Gasteiger partial charge in [0.15, 0.2) is 5.43 Å². The molecule has 1 aromatic heterocycles. The van der Waals surface area contributed by atoms with Crippen molar-refractivity contribution in [3.05, 3.63) is 105 Å². The summed E-state index contributed by atoms with van der Waals surface area (Å²) >= 11 is 0. The number of nitrogens with zero attached hydrogens (tertiary/aromatic N) is 1. The molecule has 3 aromatic carbocycles. The molecule has 0 bridgehead atoms. The summed E-state index contributed by atoms with van der Waals surface area (Å²) in [4.78, 5) is 29.2. The van der Waals surface area contributed by atoms with Gasteiger partial charge in [0.2, 0.25) is 5.76 Å². The normalized spacial score (nSPS) is 15.1. The maximum absolute atomic E-state index is 13.8. The lowest BCUT2D eigenvalue weighted by molar-refractivity contribution is 0.0971. The van der Waals surface area contributed by atoms with Gasteiger partial charge >= 0.3 is 0 Å². The van der Waals surface area contributed by atoms with E-state index in [0.717, 1.165) is 35.3 Å². The maximum Gasteiger partial charge on any atom is 0.295 e. The number of carbonyl (C=O) groups excluding carboxylic acids is 1. The lowest BCUT2D eigenvalue weighted by atomic mass is 9.97. The molecule has 4 aromatic rings. The molecule has 5 heteroatoms. The molecule has 2 heterocycles. The largest absolute Gasteiger partial charge is 0.494 e. The quantitative estimate of drug-likeness (QED) is 0.320. The molecule has 0 saturated carbocycles. The Hall–Kier alpha value is -3.86. The molecule has 1 aliphatic rings. The van der Waals surface area contributed by atoms with Gasteiger partial charge in [-0.1, -0.05) is 43.7 Å². The van der Waals surface area contributed by atoms with Crippen LogP contribution in [0.5, 0.6) is 5.75 Å². The molecule has 0 N–H and O–H groups in total. The van der Waals surface area contributed by atoms with Crippen LogP contribution in [-0.4, -0.2) is 12.5 Å². The summed E-state index contributed by atoms with van der Waals surface area (Å²) < 4.78 is 12.1. The van der Waals surface area contributed by atoms with Crippen LogP contribution in [0.2, 0.25) is 0 Å². The van der Waals surface area contributed by atoms with Crippen molar-refractivity contribution in [3.63, 3.8) is 0 Å². The lowest BCUT2D eigenvalue weighted by Gasteiger charge is -2.25. The van der Waals surface area contributed by atoms with Crippen molar-refractivity contribution >= 4 is 22.6 Å². The third-order valence-electron chi connectivity index (χ3n) is 6.46. The molecule has 1 unspecified atom stereocenters. The Balaban J connectivity index is 1.73. The predicted octanol–water partition coefficient (Wildman–Crippen LogP) is 6.34. The van der Waals surface area contributed by atoms with Gasteiger partial charge in [-0.2, -0.15) is 0 Å². The Labute approximate surface area is 198 Å². The van der Waals surface area contributed by atoms with E-state index in [9.17, 15) is 9.59 Å². The molecule has 1 amide bonds. The predicted molar refractivity (Wildman–Crippen MR) is 134 cm³/mol. The molecule has 34 heavy (non-hydrogen) atoms. The smallest absolute Gasteiger partial charge is 0.295 e. The Morgan fingerprint density at radius 2 is 1.71 bits per heavy atom. The minimum atomic E-state index is -0.609.